The number of nitrogens with zero attached hydrogens (tertiary/aromatic N) is 2. The molecule has 2 unspecified atom stereocenters. The third-order valence-corrected chi connectivity index (χ3v) is 3.78. The van der Waals surface area contributed by atoms with Gasteiger partial charge in [-0.15, -0.1) is 11.6 Å². The number of alkyl halides is 1. The lowest BCUT2D eigenvalue weighted by Crippen LogP contribution is -2.27. The van der Waals surface area contributed by atoms with Gasteiger partial charge in [0.05, 0.1) is 23.5 Å². The van der Waals surface area contributed by atoms with Crippen molar-refractivity contribution in [2.24, 2.45) is 5.92 Å². The maximum atomic E-state index is 12.2. The summed E-state index contributed by atoms with van der Waals surface area (Å²) in [6, 6.07) is 5.57. The lowest BCUT2D eigenvalue weighted by Gasteiger charge is -2.23. The van der Waals surface area contributed by atoms with Crippen LogP contribution in [0.3, 0.4) is 0 Å². The number of hydrogen-bond acceptors (Lipinski definition) is 3. The predicted molar refractivity (Wildman–Crippen MR) is 84.6 cm³/mol. The van der Waals surface area contributed by atoms with Crippen LogP contribution in [0.25, 0.3) is 11.0 Å². The Labute approximate surface area is 130 Å². The van der Waals surface area contributed by atoms with E-state index in [-0.39, 0.29) is 17.3 Å². The Bertz CT molecular complexity index is 662. The second-order valence-corrected chi connectivity index (χ2v) is 6.31. The van der Waals surface area contributed by atoms with Crippen LogP contribution in [-0.4, -0.2) is 22.6 Å². The van der Waals surface area contributed by atoms with E-state index < -0.39 is 6.04 Å². The van der Waals surface area contributed by atoms with Gasteiger partial charge in [-0.3, -0.25) is 0 Å². The minimum Gasteiger partial charge on any atom is -0.467 e. The molecule has 0 aliphatic heterocycles. The first kappa shape index (κ1) is 15.8. The Kier molecular flexibility index (Phi) is 4.57. The zero-order chi connectivity index (χ0) is 15.7. The van der Waals surface area contributed by atoms with Crippen LogP contribution in [0.1, 0.15) is 43.6 Å². The van der Waals surface area contributed by atoms with Gasteiger partial charge in [-0.1, -0.05) is 19.9 Å². The van der Waals surface area contributed by atoms with E-state index in [0.29, 0.717) is 5.82 Å². The van der Waals surface area contributed by atoms with Crippen molar-refractivity contribution < 1.29 is 9.53 Å². The number of carbonyl (C=O) groups excluding carboxylic acids is 1. The van der Waals surface area contributed by atoms with Crippen molar-refractivity contribution in [1.82, 2.24) is 9.55 Å². The summed E-state index contributed by atoms with van der Waals surface area (Å²) in [7, 11) is 1.41. The first-order chi connectivity index (χ1) is 9.86. The van der Waals surface area contributed by atoms with E-state index in [4.69, 9.17) is 16.3 Å². The van der Waals surface area contributed by atoms with Gasteiger partial charge in [-0.05, 0) is 37.5 Å². The number of methoxy groups -OCH3 is 1. The summed E-state index contributed by atoms with van der Waals surface area (Å²) in [4.78, 5) is 16.8. The van der Waals surface area contributed by atoms with Crippen molar-refractivity contribution in [3.8, 4) is 0 Å². The summed E-state index contributed by atoms with van der Waals surface area (Å²) in [6.07, 6.45) is 0. The Hall–Kier alpha value is -1.55. The van der Waals surface area contributed by atoms with Gasteiger partial charge in [0.2, 0.25) is 0 Å². The van der Waals surface area contributed by atoms with E-state index in [1.165, 1.54) is 7.11 Å². The quantitative estimate of drug-likeness (QED) is 0.633. The Morgan fingerprint density at radius 2 is 2.00 bits per heavy atom. The summed E-state index contributed by atoms with van der Waals surface area (Å²) in [5.41, 5.74) is 2.89. The molecule has 0 saturated carbocycles. The van der Waals surface area contributed by atoms with E-state index in [1.54, 1.807) is 0 Å². The van der Waals surface area contributed by atoms with Gasteiger partial charge in [-0.25, -0.2) is 9.78 Å². The number of halogens is 1. The van der Waals surface area contributed by atoms with E-state index in [2.05, 4.69) is 4.98 Å². The second-order valence-electron chi connectivity index (χ2n) is 5.66. The fraction of sp³-hybridized carbons (Fsp3) is 0.500. The SMILES string of the molecule is COC(=O)C(C(C)C)n1c(C(C)Cl)nc2cc(C)ccc21. The van der Waals surface area contributed by atoms with Gasteiger partial charge in [0.15, 0.2) is 0 Å². The van der Waals surface area contributed by atoms with Crippen LogP contribution in [0.5, 0.6) is 0 Å². The second kappa shape index (κ2) is 6.06. The van der Waals surface area contributed by atoms with E-state index in [0.717, 1.165) is 16.6 Å². The number of aromatic nitrogens is 2. The number of hydrogen-bond donors (Lipinski definition) is 0. The number of rotatable bonds is 4. The van der Waals surface area contributed by atoms with Gasteiger partial charge in [0.1, 0.15) is 11.9 Å². The molecule has 114 valence electrons. The molecule has 1 aromatic carbocycles. The summed E-state index contributed by atoms with van der Waals surface area (Å²) in [6.45, 7) is 7.86. The number of aryl methyl sites for hydroxylation is 1. The highest BCUT2D eigenvalue weighted by molar-refractivity contribution is 6.20. The minimum absolute atomic E-state index is 0.0744. The molecule has 2 atom stereocenters. The monoisotopic (exact) mass is 308 g/mol. The Morgan fingerprint density at radius 3 is 2.52 bits per heavy atom. The molecule has 1 aromatic heterocycles. The molecule has 1 heterocycles. The van der Waals surface area contributed by atoms with Crippen LogP contribution in [-0.2, 0) is 9.53 Å². The van der Waals surface area contributed by atoms with Crippen molar-refractivity contribution >= 4 is 28.6 Å². The molecule has 2 aromatic rings. The lowest BCUT2D eigenvalue weighted by atomic mass is 10.0. The zero-order valence-electron chi connectivity index (χ0n) is 13.1. The molecular formula is C16H21ClN2O2. The maximum absolute atomic E-state index is 12.2. The number of esters is 1. The molecule has 5 heteroatoms. The van der Waals surface area contributed by atoms with Crippen LogP contribution < -0.4 is 0 Å². The molecular weight excluding hydrogens is 288 g/mol. The zero-order valence-corrected chi connectivity index (χ0v) is 13.8. The van der Waals surface area contributed by atoms with Crippen molar-refractivity contribution in [2.45, 2.75) is 39.1 Å². The topological polar surface area (TPSA) is 44.1 Å². The summed E-state index contributed by atoms with van der Waals surface area (Å²) >= 11 is 6.28. The fourth-order valence-corrected chi connectivity index (χ4v) is 2.75. The van der Waals surface area contributed by atoms with Crippen LogP contribution in [0.2, 0.25) is 0 Å². The van der Waals surface area contributed by atoms with Crippen LogP contribution in [0, 0.1) is 12.8 Å². The van der Waals surface area contributed by atoms with Crippen LogP contribution in [0.15, 0.2) is 18.2 Å². The molecule has 0 radical (unpaired) electrons. The summed E-state index contributed by atoms with van der Waals surface area (Å²) < 4.78 is 6.89. The normalized spacial score (nSPS) is 14.4. The number of imidazole rings is 1. The summed E-state index contributed by atoms with van der Waals surface area (Å²) in [5.74, 6) is 0.495. The number of fused-ring (bicyclic) bond motifs is 1. The first-order valence-electron chi connectivity index (χ1n) is 7.07. The minimum atomic E-state index is -0.432. The van der Waals surface area contributed by atoms with Gasteiger partial charge < -0.3 is 9.30 Å². The molecule has 0 bridgehead atoms. The molecule has 21 heavy (non-hydrogen) atoms. The summed E-state index contributed by atoms with van der Waals surface area (Å²) in [5, 5.41) is -0.288. The highest BCUT2D eigenvalue weighted by Gasteiger charge is 2.30. The highest BCUT2D eigenvalue weighted by atomic mass is 35.5. The largest absolute Gasteiger partial charge is 0.467 e. The van der Waals surface area contributed by atoms with Crippen molar-refractivity contribution in [3.63, 3.8) is 0 Å². The molecule has 0 fully saturated rings. The first-order valence-corrected chi connectivity index (χ1v) is 7.50. The third kappa shape index (κ3) is 2.91. The van der Waals surface area contributed by atoms with Gasteiger partial charge in [-0.2, -0.15) is 0 Å². The Balaban J connectivity index is 2.74. The highest BCUT2D eigenvalue weighted by Crippen LogP contribution is 2.32. The van der Waals surface area contributed by atoms with Crippen LogP contribution >= 0.6 is 11.6 Å². The average Bonchev–Trinajstić information content (AvgIpc) is 2.77. The van der Waals surface area contributed by atoms with Gasteiger partial charge in [0.25, 0.3) is 0 Å². The predicted octanol–water partition coefficient (Wildman–Crippen LogP) is 4.01. The molecule has 4 nitrogen and oxygen atoms in total. The molecule has 0 aliphatic rings. The maximum Gasteiger partial charge on any atom is 0.329 e. The van der Waals surface area contributed by atoms with Crippen LogP contribution in [0.4, 0.5) is 0 Å². The fourth-order valence-electron chi connectivity index (χ4n) is 2.60. The van der Waals surface area contributed by atoms with Gasteiger partial charge in [0, 0.05) is 0 Å². The van der Waals surface area contributed by atoms with E-state index in [9.17, 15) is 4.79 Å². The van der Waals surface area contributed by atoms with Crippen molar-refractivity contribution in [3.05, 3.63) is 29.6 Å². The van der Waals surface area contributed by atoms with Crippen molar-refractivity contribution in [1.29, 1.82) is 0 Å². The standard InChI is InChI=1S/C16H21ClN2O2/c1-9(2)14(16(20)21-5)19-13-7-6-10(3)8-12(13)18-15(19)11(4)17/h6-9,11,14H,1-5H3. The number of carbonyl (C=O) groups is 1. The Morgan fingerprint density at radius 1 is 1.33 bits per heavy atom. The molecule has 0 amide bonds. The third-order valence-electron chi connectivity index (χ3n) is 3.58. The van der Waals surface area contributed by atoms with E-state index >= 15 is 0 Å². The lowest BCUT2D eigenvalue weighted by molar-refractivity contribution is -0.146. The molecule has 0 saturated heterocycles. The van der Waals surface area contributed by atoms with E-state index in [1.807, 2.05) is 50.5 Å². The smallest absolute Gasteiger partial charge is 0.329 e. The van der Waals surface area contributed by atoms with Gasteiger partial charge >= 0.3 is 5.97 Å². The molecule has 0 aliphatic carbocycles. The van der Waals surface area contributed by atoms with Crippen molar-refractivity contribution in [2.75, 3.05) is 7.11 Å². The number of benzene rings is 1. The molecule has 2 rings (SSSR count). The number of ether oxygens (including phenoxy) is 1. The molecule has 0 N–H and O–H groups in total. The molecule has 0 spiro atoms. The average molecular weight is 309 g/mol.